The molecule has 1 aromatic heterocycles. The van der Waals surface area contributed by atoms with Gasteiger partial charge >= 0.3 is 0 Å². The predicted octanol–water partition coefficient (Wildman–Crippen LogP) is 2.61. The monoisotopic (exact) mass is 333 g/mol. The zero-order chi connectivity index (χ0) is 11.7. The van der Waals surface area contributed by atoms with Crippen LogP contribution in [0.15, 0.2) is 24.4 Å². The lowest BCUT2D eigenvalue weighted by Gasteiger charge is -2.02. The molecule has 1 aromatic carbocycles. The molecule has 82 valence electrons. The Morgan fingerprint density at radius 3 is 2.56 bits per heavy atom. The summed E-state index contributed by atoms with van der Waals surface area (Å²) in [5.41, 5.74) is 5.99. The van der Waals surface area contributed by atoms with E-state index < -0.39 is 11.6 Å². The first kappa shape index (κ1) is 11.2. The van der Waals surface area contributed by atoms with Crippen molar-refractivity contribution in [1.82, 2.24) is 9.97 Å². The summed E-state index contributed by atoms with van der Waals surface area (Å²) in [6.07, 6.45) is 1.53. The highest BCUT2D eigenvalue weighted by molar-refractivity contribution is 14.1. The molecule has 2 aromatic rings. The van der Waals surface area contributed by atoms with E-state index in [1.807, 2.05) is 22.6 Å². The van der Waals surface area contributed by atoms with E-state index in [2.05, 4.69) is 9.97 Å². The van der Waals surface area contributed by atoms with Crippen LogP contribution in [0.3, 0.4) is 0 Å². The fraction of sp³-hybridized carbons (Fsp3) is 0. The highest BCUT2D eigenvalue weighted by Gasteiger charge is 2.08. The van der Waals surface area contributed by atoms with Crippen LogP contribution in [-0.2, 0) is 0 Å². The molecule has 16 heavy (non-hydrogen) atoms. The van der Waals surface area contributed by atoms with Crippen molar-refractivity contribution < 1.29 is 8.78 Å². The second-order valence-corrected chi connectivity index (χ2v) is 4.22. The van der Waals surface area contributed by atoms with Gasteiger partial charge in [0.25, 0.3) is 0 Å². The van der Waals surface area contributed by atoms with Crippen LogP contribution in [0.25, 0.3) is 11.4 Å². The van der Waals surface area contributed by atoms with Gasteiger partial charge in [-0.1, -0.05) is 0 Å². The van der Waals surface area contributed by atoms with Crippen LogP contribution in [-0.4, -0.2) is 9.97 Å². The number of nitrogens with zero attached hydrogens (tertiary/aromatic N) is 2. The average molecular weight is 333 g/mol. The quantitative estimate of drug-likeness (QED) is 0.817. The molecule has 0 radical (unpaired) electrons. The third kappa shape index (κ3) is 2.11. The highest BCUT2D eigenvalue weighted by atomic mass is 127. The highest BCUT2D eigenvalue weighted by Crippen LogP contribution is 2.20. The van der Waals surface area contributed by atoms with Gasteiger partial charge in [-0.3, -0.25) is 0 Å². The number of anilines is 1. The van der Waals surface area contributed by atoms with Gasteiger partial charge in [-0.05, 0) is 40.8 Å². The maximum absolute atomic E-state index is 13.0. The first-order valence-corrected chi connectivity index (χ1v) is 5.39. The number of halogens is 3. The summed E-state index contributed by atoms with van der Waals surface area (Å²) in [7, 11) is 0. The Morgan fingerprint density at radius 2 is 1.94 bits per heavy atom. The van der Waals surface area contributed by atoms with Crippen molar-refractivity contribution in [2.75, 3.05) is 5.73 Å². The minimum atomic E-state index is -0.932. The van der Waals surface area contributed by atoms with Gasteiger partial charge in [-0.15, -0.1) is 0 Å². The predicted molar refractivity (Wildman–Crippen MR) is 64.5 cm³/mol. The molecule has 6 heteroatoms. The summed E-state index contributed by atoms with van der Waals surface area (Å²) in [6, 6.07) is 3.47. The van der Waals surface area contributed by atoms with Crippen molar-refractivity contribution in [3.63, 3.8) is 0 Å². The first-order valence-electron chi connectivity index (χ1n) is 4.31. The fourth-order valence-corrected chi connectivity index (χ4v) is 1.41. The topological polar surface area (TPSA) is 51.8 Å². The van der Waals surface area contributed by atoms with Gasteiger partial charge in [0.1, 0.15) is 5.82 Å². The molecular formula is C10H6F2IN3. The van der Waals surface area contributed by atoms with E-state index in [1.54, 1.807) is 0 Å². The number of benzene rings is 1. The van der Waals surface area contributed by atoms with Crippen molar-refractivity contribution in [2.24, 2.45) is 0 Å². The number of nitrogens with two attached hydrogens (primary N) is 1. The van der Waals surface area contributed by atoms with E-state index in [9.17, 15) is 8.78 Å². The van der Waals surface area contributed by atoms with Gasteiger partial charge in [0.15, 0.2) is 17.5 Å². The zero-order valence-corrected chi connectivity index (χ0v) is 10.1. The molecule has 2 N–H and O–H groups in total. The molecule has 3 nitrogen and oxygen atoms in total. The molecule has 0 amide bonds. The van der Waals surface area contributed by atoms with Crippen LogP contribution >= 0.6 is 22.6 Å². The van der Waals surface area contributed by atoms with E-state index >= 15 is 0 Å². The van der Waals surface area contributed by atoms with Crippen LogP contribution in [0.5, 0.6) is 0 Å². The molecule has 0 fully saturated rings. The lowest BCUT2D eigenvalue weighted by atomic mass is 10.2. The Bertz CT molecular complexity index is 496. The largest absolute Gasteiger partial charge is 0.383 e. The van der Waals surface area contributed by atoms with Crippen LogP contribution < -0.4 is 5.73 Å². The fourth-order valence-electron chi connectivity index (χ4n) is 1.15. The lowest BCUT2D eigenvalue weighted by Crippen LogP contribution is -1.98. The van der Waals surface area contributed by atoms with Gasteiger partial charge in [0.2, 0.25) is 0 Å². The van der Waals surface area contributed by atoms with Crippen molar-refractivity contribution in [2.45, 2.75) is 0 Å². The molecule has 0 aliphatic rings. The summed E-state index contributed by atoms with van der Waals surface area (Å²) >= 11 is 1.99. The Hall–Kier alpha value is -1.31. The van der Waals surface area contributed by atoms with Crippen molar-refractivity contribution in [3.8, 4) is 11.4 Å². The molecule has 0 bridgehead atoms. The molecule has 0 atom stereocenters. The van der Waals surface area contributed by atoms with Gasteiger partial charge in [0.05, 0.1) is 3.57 Å². The molecule has 0 unspecified atom stereocenters. The summed E-state index contributed by atoms with van der Waals surface area (Å²) in [4.78, 5) is 7.98. The van der Waals surface area contributed by atoms with Gasteiger partial charge in [0, 0.05) is 11.8 Å². The van der Waals surface area contributed by atoms with Crippen molar-refractivity contribution in [3.05, 3.63) is 39.6 Å². The lowest BCUT2D eigenvalue weighted by molar-refractivity contribution is 0.509. The van der Waals surface area contributed by atoms with E-state index in [1.165, 1.54) is 12.3 Å². The average Bonchev–Trinajstić information content (AvgIpc) is 2.26. The smallest absolute Gasteiger partial charge is 0.161 e. The van der Waals surface area contributed by atoms with Gasteiger partial charge in [-0.25, -0.2) is 18.7 Å². The summed E-state index contributed by atoms with van der Waals surface area (Å²) in [5.74, 6) is -1.24. The number of hydrogen-bond donors (Lipinski definition) is 1. The molecule has 0 spiro atoms. The first-order chi connectivity index (χ1) is 7.58. The zero-order valence-electron chi connectivity index (χ0n) is 7.92. The SMILES string of the molecule is Nc1nc(-c2ccc(F)c(F)c2)ncc1I. The second-order valence-electron chi connectivity index (χ2n) is 3.06. The number of rotatable bonds is 1. The maximum Gasteiger partial charge on any atom is 0.161 e. The normalized spacial score (nSPS) is 10.4. The molecule has 0 aliphatic heterocycles. The Morgan fingerprint density at radius 1 is 1.19 bits per heavy atom. The summed E-state index contributed by atoms with van der Waals surface area (Å²) in [6.45, 7) is 0. The number of aromatic nitrogens is 2. The van der Waals surface area contributed by atoms with Crippen molar-refractivity contribution >= 4 is 28.4 Å². The molecule has 0 saturated carbocycles. The molecule has 2 rings (SSSR count). The van der Waals surface area contributed by atoms with Crippen molar-refractivity contribution in [1.29, 1.82) is 0 Å². The third-order valence-corrected chi connectivity index (χ3v) is 2.78. The Kier molecular flexibility index (Phi) is 2.99. The van der Waals surface area contributed by atoms with Gasteiger partial charge in [-0.2, -0.15) is 0 Å². The molecule has 0 saturated heterocycles. The molecule has 0 aliphatic carbocycles. The van der Waals surface area contributed by atoms with Crippen LogP contribution in [0.2, 0.25) is 0 Å². The van der Waals surface area contributed by atoms with Gasteiger partial charge < -0.3 is 5.73 Å². The van der Waals surface area contributed by atoms with E-state index in [0.717, 1.165) is 12.1 Å². The summed E-state index contributed by atoms with van der Waals surface area (Å²) in [5, 5.41) is 0. The second kappa shape index (κ2) is 4.28. The van der Waals surface area contributed by atoms with Crippen LogP contribution in [0.4, 0.5) is 14.6 Å². The number of hydrogen-bond acceptors (Lipinski definition) is 3. The maximum atomic E-state index is 13.0. The summed E-state index contributed by atoms with van der Waals surface area (Å²) < 4.78 is 26.4. The van der Waals surface area contributed by atoms with Crippen LogP contribution in [0.1, 0.15) is 0 Å². The van der Waals surface area contributed by atoms with Crippen LogP contribution in [0, 0.1) is 15.2 Å². The minimum Gasteiger partial charge on any atom is -0.383 e. The van der Waals surface area contributed by atoms with E-state index in [0.29, 0.717) is 15.0 Å². The van der Waals surface area contributed by atoms with E-state index in [4.69, 9.17) is 5.73 Å². The minimum absolute atomic E-state index is 0.275. The Balaban J connectivity index is 2.50. The third-order valence-electron chi connectivity index (χ3n) is 1.95. The molecule has 1 heterocycles. The number of nitrogen functional groups attached to an aromatic ring is 1. The Labute approximate surface area is 104 Å². The molecular weight excluding hydrogens is 327 g/mol. The standard InChI is InChI=1S/C10H6F2IN3/c11-6-2-1-5(3-7(6)12)10-15-4-8(13)9(14)16-10/h1-4H,(H2,14,15,16). The van der Waals surface area contributed by atoms with E-state index in [-0.39, 0.29) is 5.82 Å².